The summed E-state index contributed by atoms with van der Waals surface area (Å²) in [5, 5.41) is 0. The molecule has 0 aromatic rings. The molecule has 2 amide bonds. The van der Waals surface area contributed by atoms with Crippen molar-refractivity contribution in [3.8, 4) is 11.8 Å². The molecule has 0 aromatic heterocycles. The van der Waals surface area contributed by atoms with Gasteiger partial charge in [0.15, 0.2) is 0 Å². The normalized spacial score (nSPS) is 26.9. The Hall–Kier alpha value is -1.54. The summed E-state index contributed by atoms with van der Waals surface area (Å²) in [6.07, 6.45) is 3.47. The first kappa shape index (κ1) is 14.9. The van der Waals surface area contributed by atoms with Gasteiger partial charge in [-0.25, -0.2) is 0 Å². The lowest BCUT2D eigenvalue weighted by atomic mass is 9.86. The summed E-state index contributed by atoms with van der Waals surface area (Å²) in [4.78, 5) is 24.8. The summed E-state index contributed by atoms with van der Waals surface area (Å²) >= 11 is 0. The Labute approximate surface area is 119 Å². The van der Waals surface area contributed by atoms with E-state index < -0.39 is 0 Å². The number of hydrogen-bond donors (Lipinski definition) is 1. The van der Waals surface area contributed by atoms with Crippen molar-refractivity contribution < 1.29 is 14.3 Å². The molecule has 110 valence electrons. The Morgan fingerprint density at radius 3 is 2.60 bits per heavy atom. The van der Waals surface area contributed by atoms with Gasteiger partial charge in [0, 0.05) is 19.7 Å². The van der Waals surface area contributed by atoms with Gasteiger partial charge >= 0.3 is 0 Å². The molecule has 2 aliphatic rings. The van der Waals surface area contributed by atoms with Gasteiger partial charge in [0.25, 0.3) is 5.91 Å². The fourth-order valence-corrected chi connectivity index (χ4v) is 3.09. The third kappa shape index (κ3) is 3.51. The van der Waals surface area contributed by atoms with E-state index in [9.17, 15) is 9.59 Å². The first-order chi connectivity index (χ1) is 9.61. The van der Waals surface area contributed by atoms with Gasteiger partial charge in [-0.15, -0.1) is 0 Å². The van der Waals surface area contributed by atoms with E-state index in [1.54, 1.807) is 11.8 Å². The molecule has 0 spiro atoms. The van der Waals surface area contributed by atoms with E-state index in [1.165, 1.54) is 0 Å². The number of amides is 2. The zero-order valence-corrected chi connectivity index (χ0v) is 11.9. The van der Waals surface area contributed by atoms with E-state index in [1.807, 2.05) is 0 Å². The van der Waals surface area contributed by atoms with Crippen molar-refractivity contribution in [1.29, 1.82) is 0 Å². The van der Waals surface area contributed by atoms with Gasteiger partial charge in [0.1, 0.15) is 0 Å². The van der Waals surface area contributed by atoms with Crippen LogP contribution < -0.4 is 5.73 Å². The lowest BCUT2D eigenvalue weighted by molar-refractivity contribution is -0.126. The van der Waals surface area contributed by atoms with Crippen molar-refractivity contribution in [2.24, 2.45) is 17.6 Å². The Balaban J connectivity index is 1.81. The Bertz CT molecular complexity index is 430. The average molecular weight is 278 g/mol. The molecule has 0 bridgehead atoms. The van der Waals surface area contributed by atoms with E-state index in [2.05, 4.69) is 11.8 Å². The Morgan fingerprint density at radius 2 is 2.00 bits per heavy atom. The predicted molar refractivity (Wildman–Crippen MR) is 74.4 cm³/mol. The second-order valence-electron chi connectivity index (χ2n) is 5.55. The fraction of sp³-hybridized carbons (Fsp3) is 0.733. The molecule has 0 saturated carbocycles. The quantitative estimate of drug-likeness (QED) is 0.765. The van der Waals surface area contributed by atoms with Crippen LogP contribution in [0.2, 0.25) is 0 Å². The summed E-state index contributed by atoms with van der Waals surface area (Å²) in [5.41, 5.74) is 5.40. The van der Waals surface area contributed by atoms with Crippen molar-refractivity contribution in [3.63, 3.8) is 0 Å². The van der Waals surface area contributed by atoms with Crippen molar-refractivity contribution >= 4 is 11.8 Å². The van der Waals surface area contributed by atoms with Crippen LogP contribution in [-0.2, 0) is 14.3 Å². The van der Waals surface area contributed by atoms with E-state index in [0.29, 0.717) is 12.5 Å². The Morgan fingerprint density at radius 1 is 1.30 bits per heavy atom. The highest BCUT2D eigenvalue weighted by Crippen LogP contribution is 2.30. The van der Waals surface area contributed by atoms with Crippen LogP contribution in [0.5, 0.6) is 0 Å². The molecule has 0 unspecified atom stereocenters. The minimum absolute atomic E-state index is 0.0322. The number of nitrogens with two attached hydrogens (primary N) is 1. The van der Waals surface area contributed by atoms with Gasteiger partial charge in [-0.05, 0) is 44.4 Å². The molecule has 5 heteroatoms. The van der Waals surface area contributed by atoms with Gasteiger partial charge in [-0.3, -0.25) is 9.59 Å². The van der Waals surface area contributed by atoms with Gasteiger partial charge in [-0.2, -0.15) is 0 Å². The number of primary amides is 1. The predicted octanol–water partition coefficient (Wildman–Crippen LogP) is 0.529. The van der Waals surface area contributed by atoms with Gasteiger partial charge in [-0.1, -0.05) is 5.92 Å². The minimum atomic E-state index is -0.252. The zero-order chi connectivity index (χ0) is 14.5. The zero-order valence-electron chi connectivity index (χ0n) is 11.9. The molecule has 2 N–H and O–H groups in total. The lowest BCUT2D eigenvalue weighted by Crippen LogP contribution is -2.39. The molecule has 2 fully saturated rings. The molecule has 0 aliphatic carbocycles. The van der Waals surface area contributed by atoms with Crippen LogP contribution in [0.4, 0.5) is 0 Å². The molecule has 2 saturated heterocycles. The number of rotatable bonds is 3. The van der Waals surface area contributed by atoms with Crippen LogP contribution in [0.3, 0.4) is 0 Å². The molecule has 2 aliphatic heterocycles. The number of carbonyl (C=O) groups excluding carboxylic acids is 2. The van der Waals surface area contributed by atoms with Crippen LogP contribution in [0.25, 0.3) is 0 Å². The number of hydrogen-bond acceptors (Lipinski definition) is 3. The smallest absolute Gasteiger partial charge is 0.298 e. The number of nitrogens with zero attached hydrogens (tertiary/aromatic N) is 1. The third-order valence-electron chi connectivity index (χ3n) is 4.27. The molecular weight excluding hydrogens is 256 g/mol. The van der Waals surface area contributed by atoms with E-state index in [4.69, 9.17) is 10.5 Å². The summed E-state index contributed by atoms with van der Waals surface area (Å²) in [6.45, 7) is 3.78. The molecule has 0 aromatic carbocycles. The number of ether oxygens (including phenoxy) is 1. The number of likely N-dealkylation sites (tertiary alicyclic amines) is 1. The first-order valence-corrected chi connectivity index (χ1v) is 7.24. The fourth-order valence-electron chi connectivity index (χ4n) is 3.09. The lowest BCUT2D eigenvalue weighted by Gasteiger charge is -2.32. The number of carbonyl (C=O) groups is 2. The van der Waals surface area contributed by atoms with Crippen LogP contribution in [0.1, 0.15) is 32.6 Å². The van der Waals surface area contributed by atoms with Crippen molar-refractivity contribution in [3.05, 3.63) is 0 Å². The van der Waals surface area contributed by atoms with Gasteiger partial charge in [0.2, 0.25) is 5.91 Å². The van der Waals surface area contributed by atoms with Crippen molar-refractivity contribution in [2.75, 3.05) is 19.7 Å². The van der Waals surface area contributed by atoms with Crippen molar-refractivity contribution in [2.45, 2.75) is 38.7 Å². The third-order valence-corrected chi connectivity index (χ3v) is 4.27. The monoisotopic (exact) mass is 278 g/mol. The summed E-state index contributed by atoms with van der Waals surface area (Å²) in [7, 11) is 0. The highest BCUT2D eigenvalue weighted by Gasteiger charge is 2.35. The molecule has 20 heavy (non-hydrogen) atoms. The maximum atomic E-state index is 11.7. The van der Waals surface area contributed by atoms with Crippen LogP contribution in [0.15, 0.2) is 0 Å². The largest absolute Gasteiger partial charge is 0.377 e. The Kier molecular flexibility index (Phi) is 5.02. The summed E-state index contributed by atoms with van der Waals surface area (Å²) in [5.74, 6) is 5.24. The molecule has 2 rings (SSSR count). The van der Waals surface area contributed by atoms with Crippen LogP contribution >= 0.6 is 0 Å². The minimum Gasteiger partial charge on any atom is -0.377 e. The number of piperidine rings is 1. The molecule has 2 heterocycles. The molecule has 0 radical (unpaired) electrons. The standard InChI is InChI=1S/C15H22N2O3/c1-2-3-14(18)17-7-4-11(5-8-17)10-13-12(15(16)19)6-9-20-13/h11-13H,4-10H2,1H3,(H2,16,19)/t12-,13-/m1/s1. The van der Waals surface area contributed by atoms with E-state index >= 15 is 0 Å². The van der Waals surface area contributed by atoms with E-state index in [-0.39, 0.29) is 23.8 Å². The van der Waals surface area contributed by atoms with Gasteiger partial charge in [0.05, 0.1) is 12.0 Å². The topological polar surface area (TPSA) is 72.6 Å². The molecule has 5 nitrogen and oxygen atoms in total. The average Bonchev–Trinajstić information content (AvgIpc) is 2.88. The second kappa shape index (κ2) is 6.76. The highest BCUT2D eigenvalue weighted by atomic mass is 16.5. The SMILES string of the molecule is CC#CC(=O)N1CCC(C[C@H]2OCC[C@H]2C(N)=O)CC1. The summed E-state index contributed by atoms with van der Waals surface area (Å²) in [6, 6.07) is 0. The molecular formula is C15H22N2O3. The van der Waals surface area contributed by atoms with Gasteiger partial charge < -0.3 is 15.4 Å². The van der Waals surface area contributed by atoms with E-state index in [0.717, 1.165) is 38.8 Å². The first-order valence-electron chi connectivity index (χ1n) is 7.24. The highest BCUT2D eigenvalue weighted by molar-refractivity contribution is 5.93. The second-order valence-corrected chi connectivity index (χ2v) is 5.55. The summed E-state index contributed by atoms with van der Waals surface area (Å²) < 4.78 is 5.64. The van der Waals surface area contributed by atoms with Crippen molar-refractivity contribution in [1.82, 2.24) is 4.90 Å². The maximum Gasteiger partial charge on any atom is 0.298 e. The maximum absolute atomic E-state index is 11.7. The van der Waals surface area contributed by atoms with Crippen LogP contribution in [0, 0.1) is 23.7 Å². The van der Waals surface area contributed by atoms with Crippen LogP contribution in [-0.4, -0.2) is 42.5 Å². The molecule has 2 atom stereocenters.